The highest BCUT2D eigenvalue weighted by Crippen LogP contribution is 2.20. The molecular weight excluding hydrogens is 354 g/mol. The summed E-state index contributed by atoms with van der Waals surface area (Å²) in [4.78, 5) is 24.0. The van der Waals surface area contributed by atoms with E-state index >= 15 is 0 Å². The van der Waals surface area contributed by atoms with Crippen molar-refractivity contribution < 1.29 is 14.3 Å². The van der Waals surface area contributed by atoms with Crippen LogP contribution in [0.15, 0.2) is 48.5 Å². The molecule has 0 heterocycles. The molecule has 1 aliphatic rings. The van der Waals surface area contributed by atoms with Crippen molar-refractivity contribution in [3.8, 4) is 5.75 Å². The van der Waals surface area contributed by atoms with E-state index in [1.165, 1.54) is 0 Å². The minimum absolute atomic E-state index is 0.118. The van der Waals surface area contributed by atoms with Gasteiger partial charge in [-0.2, -0.15) is 0 Å². The summed E-state index contributed by atoms with van der Waals surface area (Å²) < 4.78 is 5.50. The van der Waals surface area contributed by atoms with Gasteiger partial charge in [0.2, 0.25) is 0 Å². The molecule has 136 valence electrons. The minimum Gasteiger partial charge on any atom is -0.492 e. The largest absolute Gasteiger partial charge is 0.492 e. The van der Waals surface area contributed by atoms with E-state index < -0.39 is 0 Å². The lowest BCUT2D eigenvalue weighted by Crippen LogP contribution is -2.32. The molecule has 1 saturated carbocycles. The van der Waals surface area contributed by atoms with Gasteiger partial charge < -0.3 is 20.7 Å². The molecule has 0 saturated heterocycles. The van der Waals surface area contributed by atoms with Gasteiger partial charge >= 0.3 is 6.03 Å². The lowest BCUT2D eigenvalue weighted by Gasteiger charge is -2.10. The average Bonchev–Trinajstić information content (AvgIpc) is 3.44. The molecule has 26 heavy (non-hydrogen) atoms. The van der Waals surface area contributed by atoms with Crippen molar-refractivity contribution in [3.63, 3.8) is 0 Å². The fourth-order valence-electron chi connectivity index (χ4n) is 2.27. The highest BCUT2D eigenvalue weighted by Gasteiger charge is 2.23. The number of benzene rings is 2. The molecule has 3 N–H and O–H groups in total. The Morgan fingerprint density at radius 1 is 1.12 bits per heavy atom. The number of carbonyl (C=O) groups excluding carboxylic acids is 2. The number of anilines is 1. The first-order chi connectivity index (χ1) is 12.6. The van der Waals surface area contributed by atoms with E-state index in [0.29, 0.717) is 41.2 Å². The number of urea groups is 1. The Morgan fingerprint density at radius 2 is 1.88 bits per heavy atom. The number of nitrogens with one attached hydrogen (secondary N) is 3. The van der Waals surface area contributed by atoms with E-state index in [2.05, 4.69) is 16.0 Å². The van der Waals surface area contributed by atoms with Crippen molar-refractivity contribution >= 4 is 29.2 Å². The third-order valence-corrected chi connectivity index (χ3v) is 4.02. The fraction of sp³-hybridized carbons (Fsp3) is 0.263. The van der Waals surface area contributed by atoms with Gasteiger partial charge in [0.1, 0.15) is 12.4 Å². The molecule has 1 fully saturated rings. The van der Waals surface area contributed by atoms with Crippen molar-refractivity contribution in [1.82, 2.24) is 10.6 Å². The second-order valence-corrected chi connectivity index (χ2v) is 6.45. The monoisotopic (exact) mass is 373 g/mol. The maximum atomic E-state index is 12.0. The number of ether oxygens (including phenoxy) is 1. The molecule has 0 aromatic heterocycles. The Labute approximate surface area is 156 Å². The molecule has 0 aliphatic heterocycles. The van der Waals surface area contributed by atoms with E-state index in [1.807, 2.05) is 0 Å². The van der Waals surface area contributed by atoms with Crippen LogP contribution in [0.5, 0.6) is 5.75 Å². The molecule has 0 unspecified atom stereocenters. The average molecular weight is 374 g/mol. The SMILES string of the molecule is O=C(NCCOc1ccc(Cl)cc1)Nc1cccc(C(=O)NC2CC2)c1. The maximum Gasteiger partial charge on any atom is 0.319 e. The Kier molecular flexibility index (Phi) is 5.96. The van der Waals surface area contributed by atoms with Gasteiger partial charge in [-0.05, 0) is 55.3 Å². The summed E-state index contributed by atoms with van der Waals surface area (Å²) >= 11 is 5.80. The molecule has 2 aromatic carbocycles. The van der Waals surface area contributed by atoms with Crippen molar-refractivity contribution in [2.45, 2.75) is 18.9 Å². The van der Waals surface area contributed by atoms with E-state index in [-0.39, 0.29) is 11.9 Å². The zero-order valence-electron chi connectivity index (χ0n) is 14.1. The van der Waals surface area contributed by atoms with Gasteiger partial charge in [-0.15, -0.1) is 0 Å². The zero-order valence-corrected chi connectivity index (χ0v) is 14.9. The summed E-state index contributed by atoms with van der Waals surface area (Å²) in [6, 6.07) is 13.8. The Balaban J connectivity index is 1.41. The normalized spacial score (nSPS) is 13.0. The van der Waals surface area contributed by atoms with Gasteiger partial charge in [0.25, 0.3) is 5.91 Å². The summed E-state index contributed by atoms with van der Waals surface area (Å²) in [5.41, 5.74) is 1.09. The Hall–Kier alpha value is -2.73. The predicted molar refractivity (Wildman–Crippen MR) is 101 cm³/mol. The molecule has 2 aromatic rings. The first-order valence-electron chi connectivity index (χ1n) is 8.44. The lowest BCUT2D eigenvalue weighted by atomic mass is 10.2. The summed E-state index contributed by atoms with van der Waals surface area (Å²) in [7, 11) is 0. The molecule has 0 bridgehead atoms. The molecule has 6 nitrogen and oxygen atoms in total. The van der Waals surface area contributed by atoms with Crippen LogP contribution in [0.4, 0.5) is 10.5 Å². The van der Waals surface area contributed by atoms with E-state index in [1.54, 1.807) is 48.5 Å². The number of hydrogen-bond donors (Lipinski definition) is 3. The number of amides is 3. The standard InChI is InChI=1S/C19H20ClN3O3/c20-14-4-8-17(9-5-14)26-11-10-21-19(25)23-16-3-1-2-13(12-16)18(24)22-15-6-7-15/h1-5,8-9,12,15H,6-7,10-11H2,(H,22,24)(H2,21,23,25). The summed E-state index contributed by atoms with van der Waals surface area (Å²) in [5, 5.41) is 8.97. The molecule has 0 spiro atoms. The van der Waals surface area contributed by atoms with Crippen LogP contribution in [0.2, 0.25) is 5.02 Å². The van der Waals surface area contributed by atoms with Crippen molar-refractivity contribution in [1.29, 1.82) is 0 Å². The van der Waals surface area contributed by atoms with Crippen molar-refractivity contribution in [3.05, 3.63) is 59.1 Å². The smallest absolute Gasteiger partial charge is 0.319 e. The second kappa shape index (κ2) is 8.58. The van der Waals surface area contributed by atoms with Crippen LogP contribution < -0.4 is 20.7 Å². The van der Waals surface area contributed by atoms with Crippen molar-refractivity contribution in [2.75, 3.05) is 18.5 Å². The third kappa shape index (κ3) is 5.67. The van der Waals surface area contributed by atoms with E-state index in [0.717, 1.165) is 12.8 Å². The number of carbonyl (C=O) groups is 2. The molecular formula is C19H20ClN3O3. The first kappa shape index (κ1) is 18.1. The molecule has 0 atom stereocenters. The molecule has 3 rings (SSSR count). The lowest BCUT2D eigenvalue weighted by molar-refractivity contribution is 0.0951. The van der Waals surface area contributed by atoms with Gasteiger partial charge in [0, 0.05) is 22.3 Å². The quantitative estimate of drug-likeness (QED) is 0.650. The second-order valence-electron chi connectivity index (χ2n) is 6.01. The summed E-state index contributed by atoms with van der Waals surface area (Å²) in [6.45, 7) is 0.676. The van der Waals surface area contributed by atoms with Crippen LogP contribution in [0.1, 0.15) is 23.2 Å². The van der Waals surface area contributed by atoms with Gasteiger partial charge in [0.05, 0.1) is 6.54 Å². The summed E-state index contributed by atoms with van der Waals surface area (Å²) in [5.74, 6) is 0.568. The van der Waals surface area contributed by atoms with E-state index in [4.69, 9.17) is 16.3 Å². The van der Waals surface area contributed by atoms with Gasteiger partial charge in [-0.1, -0.05) is 17.7 Å². The topological polar surface area (TPSA) is 79.5 Å². The van der Waals surface area contributed by atoms with Crippen LogP contribution >= 0.6 is 11.6 Å². The third-order valence-electron chi connectivity index (χ3n) is 3.77. The highest BCUT2D eigenvalue weighted by molar-refractivity contribution is 6.30. The Bertz CT molecular complexity index is 776. The van der Waals surface area contributed by atoms with Gasteiger partial charge in [-0.25, -0.2) is 4.79 Å². The minimum atomic E-state index is -0.357. The van der Waals surface area contributed by atoms with Crippen LogP contribution in [0, 0.1) is 0 Å². The summed E-state index contributed by atoms with van der Waals surface area (Å²) in [6.07, 6.45) is 2.06. The van der Waals surface area contributed by atoms with Crippen LogP contribution in [-0.4, -0.2) is 31.1 Å². The van der Waals surface area contributed by atoms with Gasteiger partial charge in [0.15, 0.2) is 0 Å². The number of rotatable bonds is 7. The zero-order chi connectivity index (χ0) is 18.4. The molecule has 3 amide bonds. The van der Waals surface area contributed by atoms with E-state index in [9.17, 15) is 9.59 Å². The van der Waals surface area contributed by atoms with Crippen LogP contribution in [-0.2, 0) is 0 Å². The molecule has 1 aliphatic carbocycles. The van der Waals surface area contributed by atoms with Crippen molar-refractivity contribution in [2.24, 2.45) is 0 Å². The Morgan fingerprint density at radius 3 is 2.62 bits per heavy atom. The van der Waals surface area contributed by atoms with Gasteiger partial charge in [-0.3, -0.25) is 4.79 Å². The molecule has 0 radical (unpaired) electrons. The number of hydrogen-bond acceptors (Lipinski definition) is 3. The van der Waals surface area contributed by atoms with Crippen LogP contribution in [0.3, 0.4) is 0 Å². The number of halogens is 1. The fourth-order valence-corrected chi connectivity index (χ4v) is 2.40. The first-order valence-corrected chi connectivity index (χ1v) is 8.82. The highest BCUT2D eigenvalue weighted by atomic mass is 35.5. The van der Waals surface area contributed by atoms with Crippen LogP contribution in [0.25, 0.3) is 0 Å². The maximum absolute atomic E-state index is 12.0. The predicted octanol–water partition coefficient (Wildman–Crippen LogP) is 3.43. The molecule has 7 heteroatoms.